The average molecular weight is 95.1 g/mol. The highest BCUT2D eigenvalue weighted by Gasteiger charge is 1.17. The van der Waals surface area contributed by atoms with Crippen molar-refractivity contribution in [2.45, 2.75) is 6.92 Å². The second-order valence-electron chi connectivity index (χ2n) is 0.224. The van der Waals surface area contributed by atoms with Gasteiger partial charge in [-0.1, -0.05) is 0 Å². The van der Waals surface area contributed by atoms with E-state index in [1.54, 1.807) is 6.07 Å². The third kappa shape index (κ3) is 47.7. The maximum atomic E-state index is 7.32. The lowest BCUT2D eigenvalue weighted by atomic mass is 11.0. The fourth-order valence-corrected chi connectivity index (χ4v) is 0. The van der Waals surface area contributed by atoms with Gasteiger partial charge in [-0.2, -0.15) is 5.26 Å². The average Bonchev–Trinajstić information content (AvgIpc) is 0.918. The molecule has 0 aliphatic rings. The fourth-order valence-electron chi connectivity index (χ4n) is 0. The summed E-state index contributed by atoms with van der Waals surface area (Å²) in [4.78, 5) is 0. The number of rotatable bonds is 0. The molecule has 40 valence electrons. The number of hydrogen-bond acceptors (Lipinski definition) is 1. The van der Waals surface area contributed by atoms with Crippen LogP contribution < -0.4 is 0 Å². The van der Waals surface area contributed by atoms with Gasteiger partial charge in [-0.3, -0.25) is 0 Å². The molecule has 0 saturated heterocycles. The molecule has 0 aromatic heterocycles. The molecule has 0 unspecified atom stereocenters. The summed E-state index contributed by atoms with van der Waals surface area (Å²) in [6.45, 7) is 1.43. The van der Waals surface area contributed by atoms with Gasteiger partial charge in [0.05, 0.1) is 6.07 Å². The Hall–Kier alpha value is -0.630. The van der Waals surface area contributed by atoms with E-state index in [0.29, 0.717) is 0 Å². The van der Waals surface area contributed by atoms with Crippen molar-refractivity contribution in [2.75, 3.05) is 0 Å². The lowest BCUT2D eigenvalue weighted by molar-refractivity contribution is 0.823. The van der Waals surface area contributed by atoms with Gasteiger partial charge in [0.2, 0.25) is 0 Å². The standard InChI is InChI=1S/C2H3N.3H2O/c1-2-3;;;/h1H3;3*1H2. The van der Waals surface area contributed by atoms with Crippen LogP contribution in [0.5, 0.6) is 0 Å². The van der Waals surface area contributed by atoms with Crippen LogP contribution in [0.4, 0.5) is 0 Å². The summed E-state index contributed by atoms with van der Waals surface area (Å²) in [5.74, 6) is 0. The van der Waals surface area contributed by atoms with Crippen molar-refractivity contribution in [1.29, 1.82) is 5.26 Å². The maximum Gasteiger partial charge on any atom is 0.0587 e. The zero-order chi connectivity index (χ0) is 2.71. The molecule has 0 rings (SSSR count). The first-order chi connectivity index (χ1) is 1.41. The summed E-state index contributed by atoms with van der Waals surface area (Å²) in [5, 5.41) is 7.32. The lowest BCUT2D eigenvalue weighted by Crippen LogP contribution is -1.10. The van der Waals surface area contributed by atoms with Crippen molar-refractivity contribution < 1.29 is 16.4 Å². The zero-order valence-corrected chi connectivity index (χ0v) is 3.45. The molecule has 0 fully saturated rings. The molecule has 4 nitrogen and oxygen atoms in total. The molecular formula is C2H9NO3. The van der Waals surface area contributed by atoms with Gasteiger partial charge in [0.15, 0.2) is 0 Å². The first-order valence-electron chi connectivity index (χ1n) is 0.724. The second-order valence-corrected chi connectivity index (χ2v) is 0.224. The van der Waals surface area contributed by atoms with Gasteiger partial charge in [-0.25, -0.2) is 0 Å². The first-order valence-corrected chi connectivity index (χ1v) is 0.724. The third-order valence-corrected chi connectivity index (χ3v) is 0. The Labute approximate surface area is 35.9 Å². The summed E-state index contributed by atoms with van der Waals surface area (Å²) >= 11 is 0. The van der Waals surface area contributed by atoms with E-state index in [4.69, 9.17) is 5.26 Å². The van der Waals surface area contributed by atoms with Crippen LogP contribution in [0.3, 0.4) is 0 Å². The van der Waals surface area contributed by atoms with E-state index in [1.165, 1.54) is 6.92 Å². The van der Waals surface area contributed by atoms with E-state index in [2.05, 4.69) is 0 Å². The SMILES string of the molecule is CC#N.O.O.O. The number of nitrogens with zero attached hydrogens (tertiary/aromatic N) is 1. The molecule has 0 radical (unpaired) electrons. The van der Waals surface area contributed by atoms with Gasteiger partial charge in [0.1, 0.15) is 0 Å². The molecule has 6 heavy (non-hydrogen) atoms. The van der Waals surface area contributed by atoms with Gasteiger partial charge in [0.25, 0.3) is 0 Å². The van der Waals surface area contributed by atoms with Gasteiger partial charge in [0, 0.05) is 6.92 Å². The van der Waals surface area contributed by atoms with Crippen molar-refractivity contribution in [1.82, 2.24) is 0 Å². The van der Waals surface area contributed by atoms with Crippen molar-refractivity contribution in [3.05, 3.63) is 0 Å². The minimum Gasteiger partial charge on any atom is -0.412 e. The van der Waals surface area contributed by atoms with Crippen LogP contribution in [0.2, 0.25) is 0 Å². The Morgan fingerprint density at radius 3 is 1.17 bits per heavy atom. The molecule has 6 N–H and O–H groups in total. The van der Waals surface area contributed by atoms with E-state index in [-0.39, 0.29) is 16.4 Å². The molecule has 0 amide bonds. The van der Waals surface area contributed by atoms with Crippen molar-refractivity contribution in [3.63, 3.8) is 0 Å². The molecule has 0 heterocycles. The van der Waals surface area contributed by atoms with Crippen LogP contribution >= 0.6 is 0 Å². The molecule has 0 spiro atoms. The molecule has 0 aromatic carbocycles. The summed E-state index contributed by atoms with van der Waals surface area (Å²) in [5.41, 5.74) is 0. The molecule has 0 aliphatic carbocycles. The zero-order valence-electron chi connectivity index (χ0n) is 3.45. The summed E-state index contributed by atoms with van der Waals surface area (Å²) in [6, 6.07) is 1.75. The molecule has 0 aromatic rings. The Bertz CT molecular complexity index is 30.3. The topological polar surface area (TPSA) is 118 Å². The quantitative estimate of drug-likeness (QED) is 0.341. The minimum absolute atomic E-state index is 0. The van der Waals surface area contributed by atoms with E-state index < -0.39 is 0 Å². The Balaban J connectivity index is -0.00000000667. The second kappa shape index (κ2) is 363. The highest BCUT2D eigenvalue weighted by molar-refractivity contribution is 4.51. The molecule has 0 aliphatic heterocycles. The third-order valence-electron chi connectivity index (χ3n) is 0. The van der Waals surface area contributed by atoms with E-state index in [1.807, 2.05) is 0 Å². The van der Waals surface area contributed by atoms with Crippen molar-refractivity contribution in [2.24, 2.45) is 0 Å². The van der Waals surface area contributed by atoms with Crippen LogP contribution in [0.1, 0.15) is 6.92 Å². The predicted octanol–water partition coefficient (Wildman–Crippen LogP) is -1.94. The molecule has 0 saturated carbocycles. The highest BCUT2D eigenvalue weighted by atomic mass is 16.0. The lowest BCUT2D eigenvalue weighted by Gasteiger charge is -1.15. The van der Waals surface area contributed by atoms with Crippen LogP contribution in [-0.2, 0) is 0 Å². The van der Waals surface area contributed by atoms with Crippen molar-refractivity contribution >= 4 is 0 Å². The van der Waals surface area contributed by atoms with Crippen LogP contribution in [-0.4, -0.2) is 16.4 Å². The van der Waals surface area contributed by atoms with E-state index in [9.17, 15) is 0 Å². The molecule has 0 bridgehead atoms. The molecular weight excluding hydrogens is 86.0 g/mol. The molecule has 4 heteroatoms. The number of hydrogen-bond donors (Lipinski definition) is 0. The predicted molar refractivity (Wildman–Crippen MR) is 22.1 cm³/mol. The van der Waals surface area contributed by atoms with Gasteiger partial charge >= 0.3 is 0 Å². The van der Waals surface area contributed by atoms with Crippen LogP contribution in [0.25, 0.3) is 0 Å². The van der Waals surface area contributed by atoms with E-state index in [0.717, 1.165) is 0 Å². The molecule has 0 atom stereocenters. The summed E-state index contributed by atoms with van der Waals surface area (Å²) < 4.78 is 0. The number of nitriles is 1. The first kappa shape index (κ1) is 54.6. The van der Waals surface area contributed by atoms with Gasteiger partial charge in [-0.05, 0) is 0 Å². The normalized spacial score (nSPS) is 1.33. The van der Waals surface area contributed by atoms with Gasteiger partial charge < -0.3 is 16.4 Å². The summed E-state index contributed by atoms with van der Waals surface area (Å²) in [7, 11) is 0. The smallest absolute Gasteiger partial charge is 0.0587 e. The Morgan fingerprint density at radius 1 is 1.17 bits per heavy atom. The minimum atomic E-state index is 0. The van der Waals surface area contributed by atoms with Crippen LogP contribution in [0.15, 0.2) is 0 Å². The Morgan fingerprint density at radius 2 is 1.17 bits per heavy atom. The van der Waals surface area contributed by atoms with E-state index >= 15 is 0 Å². The van der Waals surface area contributed by atoms with Gasteiger partial charge in [-0.15, -0.1) is 0 Å². The Kier molecular flexibility index (Phi) is 3300. The van der Waals surface area contributed by atoms with Crippen molar-refractivity contribution in [3.8, 4) is 6.07 Å². The highest BCUT2D eigenvalue weighted by Crippen LogP contribution is 1.21. The summed E-state index contributed by atoms with van der Waals surface area (Å²) in [6.07, 6.45) is 0. The largest absolute Gasteiger partial charge is 0.412 e. The monoisotopic (exact) mass is 95.1 g/mol. The van der Waals surface area contributed by atoms with Crippen LogP contribution in [0, 0.1) is 11.3 Å². The fraction of sp³-hybridized carbons (Fsp3) is 0.500. The maximum absolute atomic E-state index is 7.32.